The van der Waals surface area contributed by atoms with Crippen LogP contribution in [0, 0.1) is 17.5 Å². The molecule has 0 spiro atoms. The molecule has 0 amide bonds. The maximum Gasteiger partial charge on any atom is 0.280 e. The summed E-state index contributed by atoms with van der Waals surface area (Å²) in [5.41, 5.74) is -0.565. The van der Waals surface area contributed by atoms with Gasteiger partial charge in [0.2, 0.25) is 0 Å². The maximum absolute atomic E-state index is 13.7. The van der Waals surface area contributed by atoms with Gasteiger partial charge in [0.25, 0.3) is 5.56 Å². The summed E-state index contributed by atoms with van der Waals surface area (Å²) in [6, 6.07) is 5.17. The van der Waals surface area contributed by atoms with E-state index in [1.54, 1.807) is 0 Å². The first-order valence-electron chi connectivity index (χ1n) is 7.27. The highest BCUT2D eigenvalue weighted by molar-refractivity contribution is 5.79. The van der Waals surface area contributed by atoms with E-state index in [9.17, 15) is 23.1 Å². The van der Waals surface area contributed by atoms with Crippen LogP contribution in [0.1, 0.15) is 19.4 Å². The Morgan fingerprint density at radius 1 is 1.08 bits per heavy atom. The lowest BCUT2D eigenvalue weighted by molar-refractivity contribution is 0.476. The summed E-state index contributed by atoms with van der Waals surface area (Å²) >= 11 is 0. The van der Waals surface area contributed by atoms with Crippen molar-refractivity contribution in [1.29, 1.82) is 0 Å². The normalized spacial score (nSPS) is 10.4. The fourth-order valence-corrected chi connectivity index (χ4v) is 2.22. The molecule has 1 aromatic heterocycles. The molecule has 0 radical (unpaired) electrons. The van der Waals surface area contributed by atoms with Gasteiger partial charge < -0.3 is 9.67 Å². The first-order valence-corrected chi connectivity index (χ1v) is 7.27. The fraction of sp³-hybridized carbons (Fsp3) is 0.176. The smallest absolute Gasteiger partial charge is 0.280 e. The highest BCUT2D eigenvalue weighted by Crippen LogP contribution is 2.20. The summed E-state index contributed by atoms with van der Waals surface area (Å²) in [6.07, 6.45) is 1.14. The molecule has 0 unspecified atom stereocenters. The van der Waals surface area contributed by atoms with Crippen molar-refractivity contribution in [2.24, 2.45) is 0 Å². The predicted octanol–water partition coefficient (Wildman–Crippen LogP) is 3.59. The molecular weight excluding hydrogens is 321 g/mol. The third-order valence-corrected chi connectivity index (χ3v) is 3.27. The maximum atomic E-state index is 13.7. The molecule has 0 bridgehead atoms. The largest absolute Gasteiger partial charge is 0.508 e. The van der Waals surface area contributed by atoms with Crippen LogP contribution < -0.4 is 5.56 Å². The van der Waals surface area contributed by atoms with Crippen LogP contribution >= 0.6 is 0 Å². The molecular formula is C17H15F3N2O2. The molecule has 0 fully saturated rings. The molecule has 0 aliphatic carbocycles. The number of aromatic nitrogens is 2. The van der Waals surface area contributed by atoms with Gasteiger partial charge in [0.1, 0.15) is 23.2 Å². The minimum Gasteiger partial charge on any atom is -0.508 e. The topological polar surface area (TPSA) is 55.1 Å². The second kappa shape index (κ2) is 7.16. The van der Waals surface area contributed by atoms with Crippen LogP contribution in [0.5, 0.6) is 5.75 Å². The number of hydrogen-bond donors (Lipinski definition) is 1. The Kier molecular flexibility index (Phi) is 5.23. The van der Waals surface area contributed by atoms with Crippen LogP contribution in [0.2, 0.25) is 0 Å². The third kappa shape index (κ3) is 3.40. The quantitative estimate of drug-likeness (QED) is 0.778. The number of fused-ring (bicyclic) bond motifs is 1. The van der Waals surface area contributed by atoms with Gasteiger partial charge in [-0.1, -0.05) is 13.8 Å². The van der Waals surface area contributed by atoms with E-state index in [2.05, 4.69) is 4.98 Å². The van der Waals surface area contributed by atoms with Crippen molar-refractivity contribution in [3.63, 3.8) is 0 Å². The number of aromatic hydroxyl groups is 1. The second-order valence-corrected chi connectivity index (χ2v) is 4.73. The summed E-state index contributed by atoms with van der Waals surface area (Å²) in [4.78, 5) is 15.3. The Hall–Kier alpha value is -2.83. The summed E-state index contributed by atoms with van der Waals surface area (Å²) in [7, 11) is 0. The molecule has 24 heavy (non-hydrogen) atoms. The van der Waals surface area contributed by atoms with Crippen molar-refractivity contribution in [1.82, 2.24) is 9.55 Å². The van der Waals surface area contributed by atoms with Gasteiger partial charge in [0.15, 0.2) is 0 Å². The summed E-state index contributed by atoms with van der Waals surface area (Å²) < 4.78 is 41.7. The monoisotopic (exact) mass is 336 g/mol. The molecule has 3 aromatic rings. The fourth-order valence-electron chi connectivity index (χ4n) is 2.22. The number of hydrogen-bond acceptors (Lipinski definition) is 3. The van der Waals surface area contributed by atoms with Crippen LogP contribution in [0.3, 0.4) is 0 Å². The number of rotatable bonds is 2. The van der Waals surface area contributed by atoms with Crippen LogP contribution in [0.15, 0.2) is 41.5 Å². The van der Waals surface area contributed by atoms with E-state index in [4.69, 9.17) is 0 Å². The predicted molar refractivity (Wildman–Crippen MR) is 84.4 cm³/mol. The van der Waals surface area contributed by atoms with Gasteiger partial charge in [-0.2, -0.15) is 4.98 Å². The van der Waals surface area contributed by atoms with Gasteiger partial charge in [-0.25, -0.2) is 13.2 Å². The van der Waals surface area contributed by atoms with Crippen LogP contribution in [0.4, 0.5) is 13.2 Å². The summed E-state index contributed by atoms with van der Waals surface area (Å²) in [5.74, 6) is -3.18. The van der Waals surface area contributed by atoms with E-state index in [0.717, 1.165) is 6.33 Å². The Labute approximate surface area is 135 Å². The van der Waals surface area contributed by atoms with Crippen LogP contribution in [-0.4, -0.2) is 14.7 Å². The second-order valence-electron chi connectivity index (χ2n) is 4.73. The molecule has 0 aliphatic heterocycles. The molecule has 126 valence electrons. The van der Waals surface area contributed by atoms with Gasteiger partial charge in [-0.15, -0.1) is 0 Å². The number of halogens is 3. The Balaban J connectivity index is 0.00000100. The summed E-state index contributed by atoms with van der Waals surface area (Å²) in [6.45, 7) is 3.73. The lowest BCUT2D eigenvalue weighted by Gasteiger charge is -2.11. The van der Waals surface area contributed by atoms with Gasteiger partial charge in [-0.3, -0.25) is 4.79 Å². The Morgan fingerprint density at radius 2 is 1.71 bits per heavy atom. The van der Waals surface area contributed by atoms with Gasteiger partial charge >= 0.3 is 0 Å². The molecule has 0 atom stereocenters. The molecule has 1 heterocycles. The SMILES string of the molecule is CC.O=c1ncn(Cc2c(F)cc(F)cc2F)c2ccc(O)cc12. The standard InChI is InChI=1S/C15H9F3N2O2.C2H6/c16-8-3-12(17)11(13(18)4-8)6-20-7-19-15(22)10-5-9(21)1-2-14(10)20;1-2/h1-5,7,21H,6H2;1-2H3. The van der Waals surface area contributed by atoms with Crippen LogP contribution in [0.25, 0.3) is 10.9 Å². The van der Waals surface area contributed by atoms with E-state index in [0.29, 0.717) is 17.6 Å². The molecule has 3 rings (SSSR count). The zero-order valence-corrected chi connectivity index (χ0v) is 13.1. The molecule has 0 aliphatic rings. The minimum atomic E-state index is -1.02. The average Bonchev–Trinajstić information content (AvgIpc) is 2.55. The lowest BCUT2D eigenvalue weighted by atomic mass is 10.1. The van der Waals surface area contributed by atoms with E-state index >= 15 is 0 Å². The highest BCUT2D eigenvalue weighted by Gasteiger charge is 2.13. The molecule has 2 aromatic carbocycles. The average molecular weight is 336 g/mol. The number of phenolic OH excluding ortho intramolecular Hbond substituents is 1. The Bertz CT molecular complexity index is 916. The van der Waals surface area contributed by atoms with Crippen molar-refractivity contribution in [3.05, 3.63) is 70.0 Å². The molecule has 0 saturated carbocycles. The van der Waals surface area contributed by atoms with E-state index < -0.39 is 23.0 Å². The first kappa shape index (κ1) is 17.5. The van der Waals surface area contributed by atoms with E-state index in [-0.39, 0.29) is 23.2 Å². The van der Waals surface area contributed by atoms with Crippen LogP contribution in [-0.2, 0) is 6.54 Å². The molecule has 1 N–H and O–H groups in total. The third-order valence-electron chi connectivity index (χ3n) is 3.27. The van der Waals surface area contributed by atoms with Crippen molar-refractivity contribution in [2.45, 2.75) is 20.4 Å². The number of nitrogens with zero attached hydrogens (tertiary/aromatic N) is 2. The number of phenols is 1. The summed E-state index contributed by atoms with van der Waals surface area (Å²) in [5, 5.41) is 9.53. The molecule has 0 saturated heterocycles. The van der Waals surface area contributed by atoms with Crippen molar-refractivity contribution in [3.8, 4) is 5.75 Å². The lowest BCUT2D eigenvalue weighted by Crippen LogP contribution is -2.14. The molecule has 4 nitrogen and oxygen atoms in total. The zero-order chi connectivity index (χ0) is 17.9. The minimum absolute atomic E-state index is 0.116. The first-order chi connectivity index (χ1) is 11.5. The van der Waals surface area contributed by atoms with Gasteiger partial charge in [0, 0.05) is 17.7 Å². The Morgan fingerprint density at radius 3 is 2.33 bits per heavy atom. The highest BCUT2D eigenvalue weighted by atomic mass is 19.1. The number of benzene rings is 2. The van der Waals surface area contributed by atoms with Crippen molar-refractivity contribution < 1.29 is 18.3 Å². The zero-order valence-electron chi connectivity index (χ0n) is 13.1. The van der Waals surface area contributed by atoms with E-state index in [1.165, 1.54) is 22.8 Å². The van der Waals surface area contributed by atoms with Gasteiger partial charge in [-0.05, 0) is 18.2 Å². The van der Waals surface area contributed by atoms with Gasteiger partial charge in [0.05, 0.1) is 23.8 Å². The van der Waals surface area contributed by atoms with Crippen molar-refractivity contribution >= 4 is 10.9 Å². The van der Waals surface area contributed by atoms with E-state index in [1.807, 2.05) is 13.8 Å². The molecule has 7 heteroatoms. The van der Waals surface area contributed by atoms with Crippen molar-refractivity contribution in [2.75, 3.05) is 0 Å².